The molecule has 1 atom stereocenters. The summed E-state index contributed by atoms with van der Waals surface area (Å²) in [6.45, 7) is 6.00. The van der Waals surface area contributed by atoms with Crippen LogP contribution in [0.1, 0.15) is 33.1 Å². The van der Waals surface area contributed by atoms with E-state index >= 15 is 0 Å². The Kier molecular flexibility index (Phi) is 2.52. The van der Waals surface area contributed by atoms with Crippen LogP contribution in [-0.4, -0.2) is 12.6 Å². The number of hydrogen-bond donors (Lipinski definition) is 1. The molecule has 0 aromatic rings. The Balaban J connectivity index is 2.11. The maximum absolute atomic E-state index is 2.50. The van der Waals surface area contributed by atoms with Crippen molar-refractivity contribution in [3.63, 3.8) is 0 Å². The van der Waals surface area contributed by atoms with Gasteiger partial charge < -0.3 is 5.32 Å². The first-order valence-corrected chi connectivity index (χ1v) is 4.12. The van der Waals surface area contributed by atoms with Crippen molar-refractivity contribution in [2.45, 2.75) is 39.2 Å². The van der Waals surface area contributed by atoms with E-state index in [0.717, 1.165) is 12.0 Å². The van der Waals surface area contributed by atoms with Gasteiger partial charge in [0.05, 0.1) is 12.6 Å². The molecule has 1 heterocycles. The van der Waals surface area contributed by atoms with E-state index in [1.807, 2.05) is 0 Å². The fourth-order valence-corrected chi connectivity index (χ4v) is 1.67. The molecule has 0 amide bonds. The highest BCUT2D eigenvalue weighted by Crippen LogP contribution is 2.08. The molecule has 0 aromatic heterocycles. The molecule has 1 aliphatic heterocycles. The number of quaternary nitrogens is 1. The van der Waals surface area contributed by atoms with E-state index in [-0.39, 0.29) is 0 Å². The molecular weight excluding hydrogens is 110 g/mol. The van der Waals surface area contributed by atoms with Crippen LogP contribution < -0.4 is 5.32 Å². The van der Waals surface area contributed by atoms with Crippen LogP contribution in [0.5, 0.6) is 0 Å². The van der Waals surface area contributed by atoms with Crippen molar-refractivity contribution >= 4 is 0 Å². The van der Waals surface area contributed by atoms with E-state index in [4.69, 9.17) is 0 Å². The van der Waals surface area contributed by atoms with Gasteiger partial charge in [0.2, 0.25) is 0 Å². The normalized spacial score (nSPS) is 27.7. The molecule has 1 nitrogen and oxygen atoms in total. The van der Waals surface area contributed by atoms with E-state index in [1.165, 1.54) is 25.8 Å². The lowest BCUT2D eigenvalue weighted by Gasteiger charge is -2.08. The van der Waals surface area contributed by atoms with Crippen LogP contribution in [0.4, 0.5) is 0 Å². The maximum Gasteiger partial charge on any atom is 0.0863 e. The summed E-state index contributed by atoms with van der Waals surface area (Å²) >= 11 is 0. The molecular formula is C8H18N+. The summed E-state index contributed by atoms with van der Waals surface area (Å²) in [5, 5.41) is 2.50. The van der Waals surface area contributed by atoms with Crippen LogP contribution in [0.2, 0.25) is 0 Å². The Hall–Kier alpha value is -0.0400. The second-order valence-electron chi connectivity index (χ2n) is 3.56. The van der Waals surface area contributed by atoms with Crippen LogP contribution in [0.25, 0.3) is 0 Å². The molecule has 54 valence electrons. The van der Waals surface area contributed by atoms with Crippen LogP contribution >= 0.6 is 0 Å². The molecule has 1 fully saturated rings. The van der Waals surface area contributed by atoms with E-state index < -0.39 is 0 Å². The quantitative estimate of drug-likeness (QED) is 0.565. The molecule has 0 bridgehead atoms. The van der Waals surface area contributed by atoms with E-state index in [1.54, 1.807) is 0 Å². The third kappa shape index (κ3) is 2.35. The fraction of sp³-hybridized carbons (Fsp3) is 1.00. The van der Waals surface area contributed by atoms with Gasteiger partial charge in [0.15, 0.2) is 0 Å². The van der Waals surface area contributed by atoms with Gasteiger partial charge in [-0.2, -0.15) is 0 Å². The monoisotopic (exact) mass is 128 g/mol. The number of nitrogens with two attached hydrogens (primary N) is 1. The molecule has 1 heteroatoms. The molecule has 0 aromatic carbocycles. The van der Waals surface area contributed by atoms with E-state index in [2.05, 4.69) is 19.2 Å². The van der Waals surface area contributed by atoms with Crippen molar-refractivity contribution in [3.05, 3.63) is 0 Å². The average Bonchev–Trinajstić information content (AvgIpc) is 2.15. The molecule has 0 saturated carbocycles. The maximum atomic E-state index is 2.50. The topological polar surface area (TPSA) is 16.6 Å². The molecule has 1 saturated heterocycles. The highest BCUT2D eigenvalue weighted by atomic mass is 14.9. The minimum Gasteiger partial charge on any atom is -0.344 e. The van der Waals surface area contributed by atoms with Gasteiger partial charge in [0.1, 0.15) is 0 Å². The van der Waals surface area contributed by atoms with Gasteiger partial charge >= 0.3 is 0 Å². The second-order valence-corrected chi connectivity index (χ2v) is 3.56. The van der Waals surface area contributed by atoms with Crippen molar-refractivity contribution in [2.75, 3.05) is 6.54 Å². The van der Waals surface area contributed by atoms with Gasteiger partial charge in [0.25, 0.3) is 0 Å². The largest absolute Gasteiger partial charge is 0.344 e. The van der Waals surface area contributed by atoms with Crippen molar-refractivity contribution in [1.82, 2.24) is 0 Å². The van der Waals surface area contributed by atoms with E-state index in [9.17, 15) is 0 Å². The van der Waals surface area contributed by atoms with Gasteiger partial charge in [-0.1, -0.05) is 13.8 Å². The first-order chi connectivity index (χ1) is 4.29. The molecule has 0 spiro atoms. The van der Waals surface area contributed by atoms with Crippen LogP contribution in [-0.2, 0) is 0 Å². The van der Waals surface area contributed by atoms with Gasteiger partial charge in [-0.15, -0.1) is 0 Å². The summed E-state index contributed by atoms with van der Waals surface area (Å²) in [5.74, 6) is 0.893. The second kappa shape index (κ2) is 3.21. The Morgan fingerprint density at radius 2 is 2.33 bits per heavy atom. The smallest absolute Gasteiger partial charge is 0.0863 e. The van der Waals surface area contributed by atoms with Gasteiger partial charge in [-0.3, -0.25) is 0 Å². The minimum absolute atomic E-state index is 0.893. The Labute approximate surface area is 57.8 Å². The first-order valence-electron chi connectivity index (χ1n) is 4.12. The molecule has 9 heavy (non-hydrogen) atoms. The highest BCUT2D eigenvalue weighted by Gasteiger charge is 2.18. The summed E-state index contributed by atoms with van der Waals surface area (Å²) in [6.07, 6.45) is 4.32. The van der Waals surface area contributed by atoms with Crippen LogP contribution in [0.15, 0.2) is 0 Å². The third-order valence-corrected chi connectivity index (χ3v) is 2.05. The summed E-state index contributed by atoms with van der Waals surface area (Å²) < 4.78 is 0. The fourth-order valence-electron chi connectivity index (χ4n) is 1.67. The minimum atomic E-state index is 0.893. The van der Waals surface area contributed by atoms with Crippen molar-refractivity contribution in [1.29, 1.82) is 0 Å². The highest BCUT2D eigenvalue weighted by molar-refractivity contribution is 4.61. The Morgan fingerprint density at radius 1 is 1.56 bits per heavy atom. The van der Waals surface area contributed by atoms with E-state index in [0.29, 0.717) is 0 Å². The number of rotatable bonds is 2. The summed E-state index contributed by atoms with van der Waals surface area (Å²) in [7, 11) is 0. The van der Waals surface area contributed by atoms with Crippen molar-refractivity contribution in [2.24, 2.45) is 5.92 Å². The molecule has 1 aliphatic rings. The summed E-state index contributed by atoms with van der Waals surface area (Å²) in [6, 6.07) is 0.963. The third-order valence-electron chi connectivity index (χ3n) is 2.05. The van der Waals surface area contributed by atoms with Crippen LogP contribution in [0, 0.1) is 5.92 Å². The van der Waals surface area contributed by atoms with Gasteiger partial charge in [0, 0.05) is 19.3 Å². The lowest BCUT2D eigenvalue weighted by Crippen LogP contribution is -2.86. The zero-order valence-corrected chi connectivity index (χ0v) is 6.56. The van der Waals surface area contributed by atoms with Crippen molar-refractivity contribution in [3.8, 4) is 0 Å². The SMILES string of the molecule is CC(C)C[C@@H]1CCC[NH2+]1. The molecule has 0 radical (unpaired) electrons. The Morgan fingerprint density at radius 3 is 2.78 bits per heavy atom. The Bertz CT molecular complexity index is 72.6. The zero-order valence-electron chi connectivity index (χ0n) is 6.56. The predicted molar refractivity (Wildman–Crippen MR) is 39.3 cm³/mol. The van der Waals surface area contributed by atoms with Crippen molar-refractivity contribution < 1.29 is 5.32 Å². The zero-order chi connectivity index (χ0) is 6.69. The molecule has 2 N–H and O–H groups in total. The molecule has 1 rings (SSSR count). The molecule has 0 aliphatic carbocycles. The predicted octanol–water partition coefficient (Wildman–Crippen LogP) is 0.758. The summed E-state index contributed by atoms with van der Waals surface area (Å²) in [4.78, 5) is 0. The lowest BCUT2D eigenvalue weighted by atomic mass is 10.0. The lowest BCUT2D eigenvalue weighted by molar-refractivity contribution is -0.671. The number of hydrogen-bond acceptors (Lipinski definition) is 0. The standard InChI is InChI=1S/C8H17N/c1-7(2)6-8-4-3-5-9-8/h7-9H,3-6H2,1-2H3/p+1/t8-/m0/s1. The first kappa shape index (κ1) is 7.07. The average molecular weight is 128 g/mol. The van der Waals surface area contributed by atoms with Gasteiger partial charge in [-0.25, -0.2) is 0 Å². The molecule has 0 unspecified atom stereocenters. The van der Waals surface area contributed by atoms with Gasteiger partial charge in [-0.05, 0) is 5.92 Å². The van der Waals surface area contributed by atoms with Crippen LogP contribution in [0.3, 0.4) is 0 Å². The summed E-state index contributed by atoms with van der Waals surface area (Å²) in [5.41, 5.74) is 0.